The topological polar surface area (TPSA) is 131 Å². The highest BCUT2D eigenvalue weighted by Crippen LogP contribution is 2.46. The van der Waals surface area contributed by atoms with Gasteiger partial charge >= 0.3 is 5.69 Å². The summed E-state index contributed by atoms with van der Waals surface area (Å²) >= 11 is 0. The summed E-state index contributed by atoms with van der Waals surface area (Å²) in [7, 11) is 5.48. The lowest BCUT2D eigenvalue weighted by atomic mass is 10.1. The molecule has 0 bridgehead atoms. The number of nitrogens with one attached hydrogen (secondary N) is 1. The molecule has 0 atom stereocenters. The van der Waals surface area contributed by atoms with Crippen molar-refractivity contribution in [2.24, 2.45) is 0 Å². The van der Waals surface area contributed by atoms with Gasteiger partial charge in [0.2, 0.25) is 17.4 Å². The van der Waals surface area contributed by atoms with Crippen LogP contribution in [-0.4, -0.2) is 44.3 Å². The smallest absolute Gasteiger partial charge is 0.327 e. The molecule has 3 rings (SSSR count). The summed E-state index contributed by atoms with van der Waals surface area (Å²) in [6.45, 7) is 0.0685. The number of rotatable bonds is 10. The Morgan fingerprint density at radius 3 is 2.29 bits per heavy atom. The van der Waals surface area contributed by atoms with Crippen molar-refractivity contribution < 1.29 is 33.4 Å². The molecule has 3 aromatic rings. The second-order valence-corrected chi connectivity index (χ2v) is 6.77. The van der Waals surface area contributed by atoms with Crippen LogP contribution in [-0.2, 0) is 6.54 Å². The van der Waals surface area contributed by atoms with E-state index in [2.05, 4.69) is 10.3 Å². The van der Waals surface area contributed by atoms with E-state index < -0.39 is 16.5 Å². The summed E-state index contributed by atoms with van der Waals surface area (Å²) in [4.78, 5) is 28.0. The number of hydrogen-bond donors (Lipinski definition) is 1. The van der Waals surface area contributed by atoms with E-state index >= 15 is 0 Å². The fourth-order valence-electron chi connectivity index (χ4n) is 3.13. The van der Waals surface area contributed by atoms with E-state index in [1.54, 1.807) is 43.5 Å². The first-order chi connectivity index (χ1) is 16.4. The molecule has 0 spiro atoms. The molecule has 0 aliphatic heterocycles. The van der Waals surface area contributed by atoms with Gasteiger partial charge in [-0.3, -0.25) is 14.9 Å². The number of nitro groups is 1. The van der Waals surface area contributed by atoms with E-state index in [-0.39, 0.29) is 29.4 Å². The zero-order valence-corrected chi connectivity index (χ0v) is 19.0. The maximum absolute atomic E-state index is 12.8. The SMILES string of the molecule is COc1cccc(Oc2ccc(CNC(=O)c3cc(OC)c(OC)c(OC)c3[N+](=O)[O-])cn2)c1. The van der Waals surface area contributed by atoms with Gasteiger partial charge in [-0.05, 0) is 17.7 Å². The number of ether oxygens (including phenoxy) is 5. The van der Waals surface area contributed by atoms with Gasteiger partial charge in [-0.1, -0.05) is 12.1 Å². The third kappa shape index (κ3) is 5.26. The Labute approximate surface area is 195 Å². The highest BCUT2D eigenvalue weighted by atomic mass is 16.6. The summed E-state index contributed by atoms with van der Waals surface area (Å²) in [5.74, 6) is 0.796. The average Bonchev–Trinajstić information content (AvgIpc) is 2.86. The number of nitrogens with zero attached hydrogens (tertiary/aromatic N) is 2. The number of aromatic nitrogens is 1. The number of benzene rings is 2. The van der Waals surface area contributed by atoms with E-state index in [0.717, 1.165) is 0 Å². The Hall–Kier alpha value is -4.54. The van der Waals surface area contributed by atoms with Crippen molar-refractivity contribution in [2.45, 2.75) is 6.54 Å². The molecule has 1 aromatic heterocycles. The highest BCUT2D eigenvalue weighted by molar-refractivity contribution is 6.00. The first-order valence-corrected chi connectivity index (χ1v) is 9.94. The molecule has 0 unspecified atom stereocenters. The summed E-state index contributed by atoms with van der Waals surface area (Å²) in [6, 6.07) is 11.7. The zero-order valence-electron chi connectivity index (χ0n) is 19.0. The van der Waals surface area contributed by atoms with Crippen LogP contribution in [0.3, 0.4) is 0 Å². The number of hydrogen-bond acceptors (Lipinski definition) is 9. The largest absolute Gasteiger partial charge is 0.497 e. The monoisotopic (exact) mass is 469 g/mol. The Balaban J connectivity index is 1.76. The normalized spacial score (nSPS) is 10.2. The van der Waals surface area contributed by atoms with Crippen molar-refractivity contribution in [1.29, 1.82) is 0 Å². The molecule has 2 aromatic carbocycles. The van der Waals surface area contributed by atoms with Crippen molar-refractivity contribution in [1.82, 2.24) is 10.3 Å². The molecular weight excluding hydrogens is 446 g/mol. The van der Waals surface area contributed by atoms with Gasteiger partial charge in [0.15, 0.2) is 5.75 Å². The van der Waals surface area contributed by atoms with E-state index in [1.165, 1.54) is 33.6 Å². The van der Waals surface area contributed by atoms with Crippen LogP contribution in [0.1, 0.15) is 15.9 Å². The second kappa shape index (κ2) is 10.9. The molecule has 0 aliphatic rings. The standard InChI is InChI=1S/C23H23N3O8/c1-30-15-6-5-7-16(10-15)34-19-9-8-14(12-24-19)13-25-23(27)17-11-18(31-2)21(32-3)22(33-4)20(17)26(28)29/h5-12H,13H2,1-4H3,(H,25,27). The lowest BCUT2D eigenvalue weighted by molar-refractivity contribution is -0.386. The molecule has 1 N–H and O–H groups in total. The Kier molecular flexibility index (Phi) is 7.70. The van der Waals surface area contributed by atoms with E-state index in [0.29, 0.717) is 22.9 Å². The summed E-state index contributed by atoms with van der Waals surface area (Å²) < 4.78 is 26.4. The second-order valence-electron chi connectivity index (χ2n) is 6.77. The number of nitro benzene ring substituents is 1. The number of amides is 1. The molecule has 0 radical (unpaired) electrons. The quantitative estimate of drug-likeness (QED) is 0.348. The van der Waals surface area contributed by atoms with Crippen LogP contribution in [0, 0.1) is 10.1 Å². The summed E-state index contributed by atoms with van der Waals surface area (Å²) in [5, 5.41) is 14.3. The number of carbonyl (C=O) groups excluding carboxylic acids is 1. The average molecular weight is 469 g/mol. The third-order valence-corrected chi connectivity index (χ3v) is 4.75. The number of carbonyl (C=O) groups is 1. The van der Waals surface area contributed by atoms with E-state index in [1.807, 2.05) is 0 Å². The van der Waals surface area contributed by atoms with Crippen LogP contribution in [0.15, 0.2) is 48.7 Å². The van der Waals surface area contributed by atoms with Crippen LogP contribution >= 0.6 is 0 Å². The lowest BCUT2D eigenvalue weighted by Gasteiger charge is -2.15. The van der Waals surface area contributed by atoms with Crippen LogP contribution in [0.2, 0.25) is 0 Å². The van der Waals surface area contributed by atoms with Gasteiger partial charge < -0.3 is 29.0 Å². The first-order valence-electron chi connectivity index (χ1n) is 9.94. The van der Waals surface area contributed by atoms with Crippen LogP contribution in [0.4, 0.5) is 5.69 Å². The maximum atomic E-state index is 12.8. The van der Waals surface area contributed by atoms with Gasteiger partial charge in [-0.25, -0.2) is 4.98 Å². The van der Waals surface area contributed by atoms with Crippen molar-refractivity contribution >= 4 is 11.6 Å². The van der Waals surface area contributed by atoms with Crippen molar-refractivity contribution in [3.8, 4) is 34.6 Å². The molecule has 178 valence electrons. The molecule has 0 saturated carbocycles. The summed E-state index contributed by atoms with van der Waals surface area (Å²) in [5.41, 5.74) is -0.107. The lowest BCUT2D eigenvalue weighted by Crippen LogP contribution is -2.24. The molecule has 1 amide bonds. The van der Waals surface area contributed by atoms with Crippen LogP contribution in [0.25, 0.3) is 0 Å². The minimum Gasteiger partial charge on any atom is -0.497 e. The molecule has 1 heterocycles. The van der Waals surface area contributed by atoms with Gasteiger partial charge in [-0.2, -0.15) is 0 Å². The molecule has 11 heteroatoms. The van der Waals surface area contributed by atoms with Crippen LogP contribution < -0.4 is 29.0 Å². The first kappa shape index (κ1) is 24.1. The molecule has 34 heavy (non-hydrogen) atoms. The predicted molar refractivity (Wildman–Crippen MR) is 121 cm³/mol. The maximum Gasteiger partial charge on any atom is 0.327 e. The van der Waals surface area contributed by atoms with E-state index in [4.69, 9.17) is 23.7 Å². The Morgan fingerprint density at radius 2 is 1.71 bits per heavy atom. The zero-order chi connectivity index (χ0) is 24.7. The Morgan fingerprint density at radius 1 is 0.971 bits per heavy atom. The molecular formula is C23H23N3O8. The minimum absolute atomic E-state index is 0.0177. The minimum atomic E-state index is -0.706. The fraction of sp³-hybridized carbons (Fsp3) is 0.217. The van der Waals surface area contributed by atoms with Crippen molar-refractivity contribution in [2.75, 3.05) is 28.4 Å². The van der Waals surface area contributed by atoms with Gasteiger partial charge in [0, 0.05) is 30.9 Å². The van der Waals surface area contributed by atoms with Crippen molar-refractivity contribution in [3.63, 3.8) is 0 Å². The van der Waals surface area contributed by atoms with E-state index in [9.17, 15) is 14.9 Å². The third-order valence-electron chi connectivity index (χ3n) is 4.75. The summed E-state index contributed by atoms with van der Waals surface area (Å²) in [6.07, 6.45) is 1.53. The Bertz CT molecular complexity index is 1180. The number of pyridine rings is 1. The highest BCUT2D eigenvalue weighted by Gasteiger charge is 2.32. The van der Waals surface area contributed by atoms with Gasteiger partial charge in [0.25, 0.3) is 5.91 Å². The van der Waals surface area contributed by atoms with Crippen molar-refractivity contribution in [3.05, 3.63) is 69.9 Å². The van der Waals surface area contributed by atoms with Gasteiger partial charge in [0.05, 0.1) is 33.4 Å². The predicted octanol–water partition coefficient (Wildman–Crippen LogP) is 3.75. The van der Waals surface area contributed by atoms with Gasteiger partial charge in [-0.15, -0.1) is 0 Å². The molecule has 0 saturated heterocycles. The number of methoxy groups -OCH3 is 4. The van der Waals surface area contributed by atoms with Gasteiger partial charge in [0.1, 0.15) is 17.1 Å². The molecule has 11 nitrogen and oxygen atoms in total. The fourth-order valence-corrected chi connectivity index (χ4v) is 3.13. The van der Waals surface area contributed by atoms with Crippen LogP contribution in [0.5, 0.6) is 34.6 Å². The molecule has 0 fully saturated rings. The molecule has 0 aliphatic carbocycles.